The van der Waals surface area contributed by atoms with Crippen molar-refractivity contribution in [3.05, 3.63) is 23.9 Å². The molecule has 0 amide bonds. The Morgan fingerprint density at radius 3 is 2.67 bits per heavy atom. The van der Waals surface area contributed by atoms with E-state index in [2.05, 4.69) is 9.72 Å². The van der Waals surface area contributed by atoms with Crippen molar-refractivity contribution in [1.29, 1.82) is 0 Å². The van der Waals surface area contributed by atoms with Crippen molar-refractivity contribution in [3.63, 3.8) is 0 Å². The summed E-state index contributed by atoms with van der Waals surface area (Å²) < 4.78 is 29.1. The molecule has 98 valence electrons. The highest BCUT2D eigenvalue weighted by Crippen LogP contribution is 2.07. The van der Waals surface area contributed by atoms with Gasteiger partial charge in [0.05, 0.1) is 7.11 Å². The Labute approximate surface area is 103 Å². The van der Waals surface area contributed by atoms with E-state index < -0.39 is 27.7 Å². The topological polar surface area (TPSA) is 123 Å². The van der Waals surface area contributed by atoms with Crippen LogP contribution < -0.4 is 4.72 Å². The van der Waals surface area contributed by atoms with Crippen molar-refractivity contribution in [2.24, 2.45) is 0 Å². The number of carbonyl (C=O) groups is 2. The number of pyridine rings is 1. The molecule has 1 aromatic rings. The highest BCUT2D eigenvalue weighted by Gasteiger charge is 2.18. The third-order valence-electron chi connectivity index (χ3n) is 1.76. The molecule has 8 nitrogen and oxygen atoms in total. The number of ether oxygens (including phenoxy) is 1. The Balaban J connectivity index is 2.87. The molecule has 0 unspecified atom stereocenters. The fourth-order valence-electron chi connectivity index (χ4n) is 1.02. The summed E-state index contributed by atoms with van der Waals surface area (Å²) in [7, 11) is -2.91. The SMILES string of the molecule is COC(=O)CS(=O)(=O)Nc1cccc(C(=O)O)n1. The lowest BCUT2D eigenvalue weighted by Crippen LogP contribution is -2.24. The van der Waals surface area contributed by atoms with Gasteiger partial charge in [0.2, 0.25) is 10.0 Å². The highest BCUT2D eigenvalue weighted by atomic mass is 32.2. The summed E-state index contributed by atoms with van der Waals surface area (Å²) >= 11 is 0. The van der Waals surface area contributed by atoms with Crippen LogP contribution in [0.15, 0.2) is 18.2 Å². The van der Waals surface area contributed by atoms with Crippen LogP contribution in [0.1, 0.15) is 10.5 Å². The molecule has 0 saturated carbocycles. The molecule has 9 heteroatoms. The maximum absolute atomic E-state index is 11.5. The minimum atomic E-state index is -3.97. The van der Waals surface area contributed by atoms with Crippen LogP contribution in [0.5, 0.6) is 0 Å². The summed E-state index contributed by atoms with van der Waals surface area (Å²) in [6.07, 6.45) is 0. The summed E-state index contributed by atoms with van der Waals surface area (Å²) in [6, 6.07) is 3.80. The number of hydrogen-bond donors (Lipinski definition) is 2. The minimum Gasteiger partial charge on any atom is -0.477 e. The number of esters is 1. The normalized spacial score (nSPS) is 10.7. The zero-order valence-electron chi connectivity index (χ0n) is 9.28. The number of nitrogens with one attached hydrogen (secondary N) is 1. The van der Waals surface area contributed by atoms with Gasteiger partial charge in [-0.2, -0.15) is 0 Å². The molecule has 0 bridgehead atoms. The summed E-state index contributed by atoms with van der Waals surface area (Å²) in [4.78, 5) is 25.0. The first-order chi connectivity index (χ1) is 8.34. The number of rotatable bonds is 5. The van der Waals surface area contributed by atoms with Gasteiger partial charge < -0.3 is 9.84 Å². The van der Waals surface area contributed by atoms with Crippen LogP contribution in [-0.2, 0) is 19.6 Å². The molecule has 0 spiro atoms. The standard InChI is InChI=1S/C9H10N2O6S/c1-17-8(12)5-18(15,16)11-7-4-2-3-6(10-7)9(13)14/h2-4H,5H2,1H3,(H,10,11)(H,13,14). The monoisotopic (exact) mass is 274 g/mol. The second kappa shape index (κ2) is 5.45. The number of anilines is 1. The molecule has 1 aromatic heterocycles. The highest BCUT2D eigenvalue weighted by molar-refractivity contribution is 7.93. The Bertz CT molecular complexity index is 568. The number of nitrogens with zero attached hydrogens (tertiary/aromatic N) is 1. The second-order valence-electron chi connectivity index (χ2n) is 3.15. The van der Waals surface area contributed by atoms with Gasteiger partial charge in [-0.05, 0) is 12.1 Å². The van der Waals surface area contributed by atoms with Crippen LogP contribution >= 0.6 is 0 Å². The molecule has 0 radical (unpaired) electrons. The molecule has 0 aliphatic heterocycles. The lowest BCUT2D eigenvalue weighted by atomic mass is 10.3. The molecule has 18 heavy (non-hydrogen) atoms. The van der Waals surface area contributed by atoms with Crippen molar-refractivity contribution in [2.75, 3.05) is 17.6 Å². The minimum absolute atomic E-state index is 0.182. The molecule has 0 saturated heterocycles. The van der Waals surface area contributed by atoms with E-state index in [4.69, 9.17) is 5.11 Å². The van der Waals surface area contributed by atoms with Gasteiger partial charge in [-0.1, -0.05) is 6.07 Å². The van der Waals surface area contributed by atoms with E-state index in [9.17, 15) is 18.0 Å². The van der Waals surface area contributed by atoms with E-state index in [1.807, 2.05) is 4.72 Å². The predicted molar refractivity (Wildman–Crippen MR) is 60.6 cm³/mol. The number of carboxylic acid groups (broad SMARTS) is 1. The molecule has 2 N–H and O–H groups in total. The van der Waals surface area contributed by atoms with Crippen LogP contribution in [0.4, 0.5) is 5.82 Å². The lowest BCUT2D eigenvalue weighted by Gasteiger charge is -2.06. The van der Waals surface area contributed by atoms with Crippen LogP contribution in [-0.4, -0.2) is 43.3 Å². The van der Waals surface area contributed by atoms with E-state index >= 15 is 0 Å². The number of methoxy groups -OCH3 is 1. The van der Waals surface area contributed by atoms with Gasteiger partial charge in [-0.3, -0.25) is 9.52 Å². The molecule has 0 fully saturated rings. The molecular weight excluding hydrogens is 264 g/mol. The fraction of sp³-hybridized carbons (Fsp3) is 0.222. The molecule has 0 aromatic carbocycles. The Morgan fingerprint density at radius 1 is 1.44 bits per heavy atom. The number of carboxylic acids is 1. The van der Waals surface area contributed by atoms with Gasteiger partial charge in [0.1, 0.15) is 5.82 Å². The maximum atomic E-state index is 11.5. The Morgan fingerprint density at radius 2 is 2.11 bits per heavy atom. The average Bonchev–Trinajstić information content (AvgIpc) is 2.27. The third kappa shape index (κ3) is 4.01. The summed E-state index contributed by atoms with van der Waals surface area (Å²) in [5.74, 6) is -3.28. The summed E-state index contributed by atoms with van der Waals surface area (Å²) in [6.45, 7) is 0. The summed E-state index contributed by atoms with van der Waals surface area (Å²) in [5.41, 5.74) is -0.312. The van der Waals surface area contributed by atoms with Crippen molar-refractivity contribution in [3.8, 4) is 0 Å². The average molecular weight is 274 g/mol. The second-order valence-corrected chi connectivity index (χ2v) is 4.87. The number of carbonyl (C=O) groups excluding carboxylic acids is 1. The Kier molecular flexibility index (Phi) is 4.21. The van der Waals surface area contributed by atoms with Crippen LogP contribution in [0.2, 0.25) is 0 Å². The smallest absolute Gasteiger partial charge is 0.354 e. The van der Waals surface area contributed by atoms with Gasteiger partial charge in [-0.25, -0.2) is 18.2 Å². The van der Waals surface area contributed by atoms with E-state index in [1.54, 1.807) is 0 Å². The van der Waals surface area contributed by atoms with Crippen molar-refractivity contribution >= 4 is 27.8 Å². The van der Waals surface area contributed by atoms with Crippen LogP contribution in [0.3, 0.4) is 0 Å². The Hall–Kier alpha value is -2.16. The third-order valence-corrected chi connectivity index (χ3v) is 2.90. The van der Waals surface area contributed by atoms with Gasteiger partial charge >= 0.3 is 11.9 Å². The quantitative estimate of drug-likeness (QED) is 0.706. The van der Waals surface area contributed by atoms with Crippen molar-refractivity contribution in [2.45, 2.75) is 0 Å². The first kappa shape index (κ1) is 13.9. The van der Waals surface area contributed by atoms with Gasteiger partial charge in [-0.15, -0.1) is 0 Å². The molecule has 0 atom stereocenters. The number of sulfonamides is 1. The molecular formula is C9H10N2O6S. The van der Waals surface area contributed by atoms with Gasteiger partial charge in [0.25, 0.3) is 0 Å². The molecule has 0 aliphatic carbocycles. The number of aromatic nitrogens is 1. The summed E-state index contributed by atoms with van der Waals surface area (Å²) in [5, 5.41) is 8.68. The van der Waals surface area contributed by atoms with E-state index in [-0.39, 0.29) is 11.5 Å². The van der Waals surface area contributed by atoms with Crippen molar-refractivity contribution < 1.29 is 27.9 Å². The van der Waals surface area contributed by atoms with E-state index in [1.165, 1.54) is 18.2 Å². The zero-order valence-corrected chi connectivity index (χ0v) is 10.1. The predicted octanol–water partition coefficient (Wildman–Crippen LogP) is -0.306. The van der Waals surface area contributed by atoms with E-state index in [0.29, 0.717) is 0 Å². The van der Waals surface area contributed by atoms with Gasteiger partial charge in [0.15, 0.2) is 11.4 Å². The fourth-order valence-corrected chi connectivity index (χ4v) is 1.95. The van der Waals surface area contributed by atoms with Crippen LogP contribution in [0.25, 0.3) is 0 Å². The van der Waals surface area contributed by atoms with Gasteiger partial charge in [0, 0.05) is 0 Å². The first-order valence-corrected chi connectivity index (χ1v) is 6.27. The lowest BCUT2D eigenvalue weighted by molar-refractivity contribution is -0.137. The van der Waals surface area contributed by atoms with Crippen molar-refractivity contribution in [1.82, 2.24) is 4.98 Å². The zero-order chi connectivity index (χ0) is 13.8. The molecule has 1 rings (SSSR count). The van der Waals surface area contributed by atoms with Crippen LogP contribution in [0, 0.1) is 0 Å². The largest absolute Gasteiger partial charge is 0.477 e. The number of aromatic carboxylic acids is 1. The molecule has 1 heterocycles. The van der Waals surface area contributed by atoms with E-state index in [0.717, 1.165) is 7.11 Å². The number of hydrogen-bond acceptors (Lipinski definition) is 6. The molecule has 0 aliphatic rings. The first-order valence-electron chi connectivity index (χ1n) is 4.62. The maximum Gasteiger partial charge on any atom is 0.354 e.